The van der Waals surface area contributed by atoms with E-state index in [2.05, 4.69) is 25.3 Å². The zero-order valence-electron chi connectivity index (χ0n) is 19.1. The van der Waals surface area contributed by atoms with Crippen LogP contribution in [0.15, 0.2) is 4.52 Å². The lowest BCUT2D eigenvalue weighted by Crippen LogP contribution is -2.39. The molecule has 1 saturated carbocycles. The third kappa shape index (κ3) is 7.17. The summed E-state index contributed by atoms with van der Waals surface area (Å²) in [5, 5.41) is 7.15. The number of carbonyl (C=O) groups excluding carboxylic acids is 1. The number of carbonyl (C=O) groups is 1. The Morgan fingerprint density at radius 1 is 1.30 bits per heavy atom. The first-order valence-electron chi connectivity index (χ1n) is 11.5. The van der Waals surface area contributed by atoms with Crippen LogP contribution in [-0.2, 0) is 24.2 Å². The maximum atomic E-state index is 13.0. The van der Waals surface area contributed by atoms with E-state index in [-0.39, 0.29) is 18.4 Å². The summed E-state index contributed by atoms with van der Waals surface area (Å²) in [7, 11) is 0. The molecule has 0 unspecified atom stereocenters. The maximum Gasteiger partial charge on any atom is 0.278 e. The van der Waals surface area contributed by atoms with E-state index in [9.17, 15) is 13.6 Å². The monoisotopic (exact) mass is 483 g/mol. The van der Waals surface area contributed by atoms with E-state index in [0.717, 1.165) is 75.7 Å². The smallest absolute Gasteiger partial charge is 0.278 e. The highest BCUT2D eigenvalue weighted by Crippen LogP contribution is 2.32. The van der Waals surface area contributed by atoms with E-state index in [1.54, 1.807) is 6.92 Å². The summed E-state index contributed by atoms with van der Waals surface area (Å²) in [4.78, 5) is 24.2. The number of amides is 1. The van der Waals surface area contributed by atoms with Crippen molar-refractivity contribution in [1.29, 1.82) is 0 Å². The van der Waals surface area contributed by atoms with Crippen LogP contribution >= 0.6 is 11.3 Å². The highest BCUT2D eigenvalue weighted by atomic mass is 32.1. The second-order valence-electron chi connectivity index (χ2n) is 9.22. The van der Waals surface area contributed by atoms with Gasteiger partial charge in [0.05, 0.1) is 5.69 Å². The fourth-order valence-corrected chi connectivity index (χ4v) is 5.36. The van der Waals surface area contributed by atoms with Gasteiger partial charge in [0.1, 0.15) is 6.42 Å². The van der Waals surface area contributed by atoms with Gasteiger partial charge in [0.15, 0.2) is 12.4 Å². The van der Waals surface area contributed by atoms with Crippen molar-refractivity contribution >= 4 is 17.2 Å². The molecule has 4 rings (SSSR count). The Kier molecular flexibility index (Phi) is 7.58. The standard InChI is InChI=1S/C22H31F2N5O3S/c1-14-25-20(32-28-14)11-19(30)26-16-5-3-15(4-6-16)7-9-29-10-8-18-17(12-29)27-21(33-18)31-13-22(2,23)24/h15-16H,3-13H2,1-2H3,(H,26,30). The molecular weight excluding hydrogens is 452 g/mol. The lowest BCUT2D eigenvalue weighted by atomic mass is 9.84. The first kappa shape index (κ1) is 24.0. The quantitative estimate of drug-likeness (QED) is 0.583. The Labute approximate surface area is 196 Å². The Morgan fingerprint density at radius 2 is 2.09 bits per heavy atom. The summed E-state index contributed by atoms with van der Waals surface area (Å²) in [6.45, 7) is 4.65. The van der Waals surface area contributed by atoms with Crippen molar-refractivity contribution in [2.75, 3.05) is 19.7 Å². The van der Waals surface area contributed by atoms with E-state index in [1.807, 2.05) is 0 Å². The van der Waals surface area contributed by atoms with Gasteiger partial charge in [0.2, 0.25) is 11.8 Å². The van der Waals surface area contributed by atoms with Crippen LogP contribution < -0.4 is 10.1 Å². The molecule has 2 aliphatic rings. The van der Waals surface area contributed by atoms with Crippen LogP contribution in [0.1, 0.15) is 61.3 Å². The topological polar surface area (TPSA) is 93.4 Å². The Morgan fingerprint density at radius 3 is 2.79 bits per heavy atom. The molecule has 2 aromatic heterocycles. The molecule has 0 saturated heterocycles. The minimum atomic E-state index is -2.85. The van der Waals surface area contributed by atoms with Gasteiger partial charge in [-0.25, -0.2) is 13.8 Å². The van der Waals surface area contributed by atoms with Crippen molar-refractivity contribution in [3.8, 4) is 5.19 Å². The van der Waals surface area contributed by atoms with Crippen LogP contribution in [0.3, 0.4) is 0 Å². The summed E-state index contributed by atoms with van der Waals surface area (Å²) < 4.78 is 36.2. The van der Waals surface area contributed by atoms with Crippen LogP contribution in [0.2, 0.25) is 0 Å². The second kappa shape index (κ2) is 10.4. The van der Waals surface area contributed by atoms with Crippen LogP contribution in [0.25, 0.3) is 0 Å². The molecule has 0 aromatic carbocycles. The number of nitrogens with zero attached hydrogens (tertiary/aromatic N) is 4. The molecule has 8 nitrogen and oxygen atoms in total. The number of nitrogens with one attached hydrogen (secondary N) is 1. The summed E-state index contributed by atoms with van der Waals surface area (Å²) in [5.41, 5.74) is 0.962. The summed E-state index contributed by atoms with van der Waals surface area (Å²) >= 11 is 1.39. The molecule has 1 aliphatic carbocycles. The SMILES string of the molecule is Cc1noc(CC(=O)NC2CCC(CCN3CCc4sc(OCC(C)(F)F)nc4C3)CC2)n1. The first-order chi connectivity index (χ1) is 15.7. The highest BCUT2D eigenvalue weighted by Gasteiger charge is 2.27. The zero-order valence-corrected chi connectivity index (χ0v) is 19.9. The Hall–Kier alpha value is -2.14. The first-order valence-corrected chi connectivity index (χ1v) is 12.4. The van der Waals surface area contributed by atoms with Gasteiger partial charge < -0.3 is 14.6 Å². The van der Waals surface area contributed by atoms with Gasteiger partial charge in [-0.3, -0.25) is 9.69 Å². The van der Waals surface area contributed by atoms with E-state index in [4.69, 9.17) is 9.26 Å². The number of alkyl halides is 2. The fourth-order valence-electron chi connectivity index (χ4n) is 4.46. The number of ether oxygens (including phenoxy) is 1. The highest BCUT2D eigenvalue weighted by molar-refractivity contribution is 7.13. The van der Waals surface area contributed by atoms with Crippen LogP contribution in [0, 0.1) is 12.8 Å². The van der Waals surface area contributed by atoms with E-state index >= 15 is 0 Å². The van der Waals surface area contributed by atoms with Gasteiger partial charge in [-0.2, -0.15) is 4.98 Å². The van der Waals surface area contributed by atoms with Gasteiger partial charge in [-0.1, -0.05) is 16.5 Å². The molecule has 0 spiro atoms. The second-order valence-corrected chi connectivity index (χ2v) is 10.3. The van der Waals surface area contributed by atoms with E-state index in [0.29, 0.717) is 22.8 Å². The third-order valence-electron chi connectivity index (χ3n) is 6.18. The lowest BCUT2D eigenvalue weighted by Gasteiger charge is -2.31. The Balaban J connectivity index is 1.15. The molecule has 0 bridgehead atoms. The largest absolute Gasteiger partial charge is 0.464 e. The van der Waals surface area contributed by atoms with Gasteiger partial charge in [-0.05, 0) is 57.9 Å². The summed E-state index contributed by atoms with van der Waals surface area (Å²) in [6.07, 6.45) is 6.30. The van der Waals surface area contributed by atoms with Crippen molar-refractivity contribution in [2.24, 2.45) is 5.92 Å². The number of rotatable bonds is 9. The van der Waals surface area contributed by atoms with Crippen molar-refractivity contribution in [1.82, 2.24) is 25.3 Å². The minimum absolute atomic E-state index is 0.0690. The molecule has 0 atom stereocenters. The average Bonchev–Trinajstić information content (AvgIpc) is 3.36. The van der Waals surface area contributed by atoms with Gasteiger partial charge >= 0.3 is 0 Å². The molecule has 1 N–H and O–H groups in total. The molecule has 182 valence electrons. The van der Waals surface area contributed by atoms with Crippen LogP contribution in [0.5, 0.6) is 5.19 Å². The molecule has 0 radical (unpaired) electrons. The summed E-state index contributed by atoms with van der Waals surface area (Å²) in [5.74, 6) is -1.38. The molecule has 3 heterocycles. The normalized spacial score (nSPS) is 21.6. The Bertz CT molecular complexity index is 937. The number of aryl methyl sites for hydroxylation is 1. The van der Waals surface area contributed by atoms with Crippen molar-refractivity contribution < 1.29 is 22.8 Å². The number of fused-ring (bicyclic) bond motifs is 1. The molecule has 33 heavy (non-hydrogen) atoms. The van der Waals surface area contributed by atoms with Crippen molar-refractivity contribution in [3.05, 3.63) is 22.3 Å². The zero-order chi connectivity index (χ0) is 23.4. The molecular formula is C22H31F2N5O3S. The predicted octanol–water partition coefficient (Wildman–Crippen LogP) is 3.53. The number of halogens is 2. The molecule has 11 heteroatoms. The molecule has 1 aliphatic heterocycles. The minimum Gasteiger partial charge on any atom is -0.464 e. The van der Waals surface area contributed by atoms with Crippen LogP contribution in [-0.4, -0.2) is 57.6 Å². The maximum absolute atomic E-state index is 13.0. The fraction of sp³-hybridized carbons (Fsp3) is 0.727. The van der Waals surface area contributed by atoms with Crippen LogP contribution in [0.4, 0.5) is 8.78 Å². The van der Waals surface area contributed by atoms with Gasteiger partial charge in [0.25, 0.3) is 11.1 Å². The van der Waals surface area contributed by atoms with Crippen molar-refractivity contribution in [2.45, 2.75) is 77.3 Å². The number of hydrogen-bond donors (Lipinski definition) is 1. The predicted molar refractivity (Wildman–Crippen MR) is 118 cm³/mol. The van der Waals surface area contributed by atoms with E-state index < -0.39 is 12.5 Å². The lowest BCUT2D eigenvalue weighted by molar-refractivity contribution is -0.121. The molecule has 2 aromatic rings. The number of thiazole rings is 1. The average molecular weight is 484 g/mol. The number of hydrogen-bond acceptors (Lipinski definition) is 8. The third-order valence-corrected chi connectivity index (χ3v) is 7.25. The summed E-state index contributed by atoms with van der Waals surface area (Å²) in [6, 6.07) is 0.208. The van der Waals surface area contributed by atoms with Gasteiger partial charge in [-0.15, -0.1) is 0 Å². The van der Waals surface area contributed by atoms with Crippen molar-refractivity contribution in [3.63, 3.8) is 0 Å². The molecule has 1 amide bonds. The van der Waals surface area contributed by atoms with Gasteiger partial charge in [0, 0.05) is 30.9 Å². The number of aromatic nitrogens is 3. The van der Waals surface area contributed by atoms with E-state index in [1.165, 1.54) is 11.3 Å². The molecule has 1 fully saturated rings.